The lowest BCUT2D eigenvalue weighted by atomic mass is 10.0. The molecule has 1 fully saturated rings. The molecule has 1 aromatic rings. The maximum Gasteiger partial charge on any atom is 0.279 e. The van der Waals surface area contributed by atoms with Gasteiger partial charge in [0.05, 0.1) is 6.54 Å². The third-order valence-electron chi connectivity index (χ3n) is 4.81. The Kier molecular flexibility index (Phi) is 7.79. The molecule has 2 rings (SSSR count). The molecule has 27 heavy (non-hydrogen) atoms. The highest BCUT2D eigenvalue weighted by Crippen LogP contribution is 2.15. The van der Waals surface area contributed by atoms with Crippen LogP contribution < -0.4 is 15.5 Å². The lowest BCUT2D eigenvalue weighted by Crippen LogP contribution is -3.14. The third kappa shape index (κ3) is 7.02. The summed E-state index contributed by atoms with van der Waals surface area (Å²) in [5.41, 5.74) is 1.35. The number of carbonyl (C=O) groups is 3. The molecule has 0 bridgehead atoms. The minimum atomic E-state index is -0.137. The standard InChI is InChI=1S/C20H30N4O3/c1-4-23(14-20(27)24-11-5-6-15(2)12-24)13-19(26)22-18-9-7-17(8-10-18)21-16(3)25/h7-10,15H,4-6,11-14H2,1-3H3,(H,21,25)(H,22,26)/p+1/t15-/m1/s1. The fourth-order valence-corrected chi connectivity index (χ4v) is 3.33. The molecular formula is C20H31N4O3+. The highest BCUT2D eigenvalue weighted by molar-refractivity contribution is 5.92. The van der Waals surface area contributed by atoms with E-state index in [-0.39, 0.29) is 24.3 Å². The maximum atomic E-state index is 12.5. The van der Waals surface area contributed by atoms with Crippen LogP contribution in [-0.2, 0) is 14.4 Å². The fraction of sp³-hybridized carbons (Fsp3) is 0.550. The first-order chi connectivity index (χ1) is 12.9. The number of amides is 3. The molecule has 1 saturated heterocycles. The average Bonchev–Trinajstić information content (AvgIpc) is 2.62. The van der Waals surface area contributed by atoms with Crippen LogP contribution in [0.1, 0.15) is 33.6 Å². The van der Waals surface area contributed by atoms with E-state index in [0.29, 0.717) is 30.4 Å². The molecule has 1 aromatic carbocycles. The summed E-state index contributed by atoms with van der Waals surface area (Å²) in [7, 11) is 0. The zero-order chi connectivity index (χ0) is 19.8. The van der Waals surface area contributed by atoms with Gasteiger partial charge in [0.1, 0.15) is 0 Å². The van der Waals surface area contributed by atoms with E-state index in [1.54, 1.807) is 24.3 Å². The largest absolute Gasteiger partial charge is 0.338 e. The molecule has 0 saturated carbocycles. The van der Waals surface area contributed by atoms with Gasteiger partial charge in [-0.05, 0) is 49.9 Å². The van der Waals surface area contributed by atoms with Crippen LogP contribution in [0.25, 0.3) is 0 Å². The van der Waals surface area contributed by atoms with Crippen molar-refractivity contribution >= 4 is 29.1 Å². The van der Waals surface area contributed by atoms with Gasteiger partial charge in [-0.1, -0.05) is 6.92 Å². The average molecular weight is 375 g/mol. The van der Waals surface area contributed by atoms with Crippen molar-refractivity contribution in [2.45, 2.75) is 33.6 Å². The van der Waals surface area contributed by atoms with Crippen LogP contribution in [0.2, 0.25) is 0 Å². The third-order valence-corrected chi connectivity index (χ3v) is 4.81. The summed E-state index contributed by atoms with van der Waals surface area (Å²) in [4.78, 5) is 38.8. The van der Waals surface area contributed by atoms with Crippen molar-refractivity contribution in [2.75, 3.05) is 43.4 Å². The first kappa shape index (κ1) is 20.9. The molecule has 0 spiro atoms. The van der Waals surface area contributed by atoms with E-state index in [0.717, 1.165) is 24.4 Å². The number of nitrogens with one attached hydrogen (secondary N) is 3. The van der Waals surface area contributed by atoms with E-state index >= 15 is 0 Å². The molecule has 7 nitrogen and oxygen atoms in total. The second kappa shape index (κ2) is 10.1. The smallest absolute Gasteiger partial charge is 0.279 e. The number of quaternary nitrogens is 1. The second-order valence-electron chi connectivity index (χ2n) is 7.35. The molecule has 0 aromatic heterocycles. The summed E-state index contributed by atoms with van der Waals surface area (Å²) in [6, 6.07) is 6.97. The number of benzene rings is 1. The Morgan fingerprint density at radius 2 is 1.74 bits per heavy atom. The van der Waals surface area contributed by atoms with Gasteiger partial charge in [-0.2, -0.15) is 0 Å². The monoisotopic (exact) mass is 375 g/mol. The normalized spacial score (nSPS) is 17.9. The van der Waals surface area contributed by atoms with E-state index in [1.165, 1.54) is 13.3 Å². The van der Waals surface area contributed by atoms with Gasteiger partial charge >= 0.3 is 0 Å². The van der Waals surface area contributed by atoms with Crippen LogP contribution in [0.4, 0.5) is 11.4 Å². The Hall–Kier alpha value is -2.41. The van der Waals surface area contributed by atoms with Crippen molar-refractivity contribution in [1.29, 1.82) is 0 Å². The fourth-order valence-electron chi connectivity index (χ4n) is 3.33. The SMILES string of the molecule is CC[NH+](CC(=O)Nc1ccc(NC(C)=O)cc1)CC(=O)N1CCC[C@@H](C)C1. The molecule has 3 amide bonds. The first-order valence-electron chi connectivity index (χ1n) is 9.66. The van der Waals surface area contributed by atoms with Crippen LogP contribution in [0.5, 0.6) is 0 Å². The second-order valence-corrected chi connectivity index (χ2v) is 7.35. The van der Waals surface area contributed by atoms with E-state index in [9.17, 15) is 14.4 Å². The number of nitrogens with zero attached hydrogens (tertiary/aromatic N) is 1. The zero-order valence-corrected chi connectivity index (χ0v) is 16.5. The van der Waals surface area contributed by atoms with Gasteiger partial charge in [-0.3, -0.25) is 14.4 Å². The number of hydrogen-bond acceptors (Lipinski definition) is 3. The number of piperidine rings is 1. The summed E-state index contributed by atoms with van der Waals surface area (Å²) >= 11 is 0. The number of anilines is 2. The van der Waals surface area contributed by atoms with Gasteiger partial charge in [0, 0.05) is 31.4 Å². The molecule has 1 unspecified atom stereocenters. The van der Waals surface area contributed by atoms with Crippen molar-refractivity contribution in [3.8, 4) is 0 Å². The van der Waals surface area contributed by atoms with Gasteiger partial charge in [0.15, 0.2) is 13.1 Å². The van der Waals surface area contributed by atoms with Crippen molar-refractivity contribution in [1.82, 2.24) is 4.90 Å². The number of likely N-dealkylation sites (tertiary alicyclic amines) is 1. The first-order valence-corrected chi connectivity index (χ1v) is 9.66. The Bertz CT molecular complexity index is 660. The van der Waals surface area contributed by atoms with Gasteiger partial charge in [-0.25, -0.2) is 0 Å². The zero-order valence-electron chi connectivity index (χ0n) is 16.5. The topological polar surface area (TPSA) is 83.0 Å². The summed E-state index contributed by atoms with van der Waals surface area (Å²) in [5, 5.41) is 5.53. The Morgan fingerprint density at radius 1 is 1.11 bits per heavy atom. The molecule has 3 N–H and O–H groups in total. The molecule has 1 aliphatic heterocycles. The predicted octanol–water partition coefficient (Wildman–Crippen LogP) is 0.747. The summed E-state index contributed by atoms with van der Waals surface area (Å²) in [6.45, 7) is 8.56. The molecule has 2 atom stereocenters. The summed E-state index contributed by atoms with van der Waals surface area (Å²) < 4.78 is 0. The number of rotatable bonds is 7. The minimum Gasteiger partial charge on any atom is -0.338 e. The summed E-state index contributed by atoms with van der Waals surface area (Å²) in [6.07, 6.45) is 2.24. The highest BCUT2D eigenvalue weighted by atomic mass is 16.2. The Morgan fingerprint density at radius 3 is 2.30 bits per heavy atom. The van der Waals surface area contributed by atoms with Crippen molar-refractivity contribution in [3.63, 3.8) is 0 Å². The molecule has 7 heteroatoms. The van der Waals surface area contributed by atoms with Gasteiger partial charge < -0.3 is 20.4 Å². The number of hydrogen-bond donors (Lipinski definition) is 3. The van der Waals surface area contributed by atoms with Crippen molar-refractivity contribution < 1.29 is 19.3 Å². The lowest BCUT2D eigenvalue weighted by Gasteiger charge is -2.31. The number of carbonyl (C=O) groups excluding carboxylic acids is 3. The minimum absolute atomic E-state index is 0.126. The number of likely N-dealkylation sites (N-methyl/N-ethyl adjacent to an activating group) is 1. The van der Waals surface area contributed by atoms with Gasteiger partial charge in [-0.15, -0.1) is 0 Å². The molecular weight excluding hydrogens is 344 g/mol. The van der Waals surface area contributed by atoms with Crippen molar-refractivity contribution in [3.05, 3.63) is 24.3 Å². The Balaban J connectivity index is 1.83. The van der Waals surface area contributed by atoms with Crippen LogP contribution >= 0.6 is 0 Å². The van der Waals surface area contributed by atoms with E-state index in [4.69, 9.17) is 0 Å². The van der Waals surface area contributed by atoms with Crippen LogP contribution in [0, 0.1) is 5.92 Å². The van der Waals surface area contributed by atoms with Crippen LogP contribution in [0.3, 0.4) is 0 Å². The summed E-state index contributed by atoms with van der Waals surface area (Å²) in [5.74, 6) is 0.420. The van der Waals surface area contributed by atoms with Crippen LogP contribution in [0.15, 0.2) is 24.3 Å². The lowest BCUT2D eigenvalue weighted by molar-refractivity contribution is -0.882. The quantitative estimate of drug-likeness (QED) is 0.658. The molecule has 0 radical (unpaired) electrons. The van der Waals surface area contributed by atoms with Gasteiger partial charge in [0.2, 0.25) is 5.91 Å². The predicted molar refractivity (Wildman–Crippen MR) is 106 cm³/mol. The maximum absolute atomic E-state index is 12.5. The molecule has 1 aliphatic rings. The van der Waals surface area contributed by atoms with E-state index in [2.05, 4.69) is 17.6 Å². The highest BCUT2D eigenvalue weighted by Gasteiger charge is 2.25. The van der Waals surface area contributed by atoms with Gasteiger partial charge in [0.25, 0.3) is 11.8 Å². The van der Waals surface area contributed by atoms with E-state index < -0.39 is 0 Å². The molecule has 0 aliphatic carbocycles. The molecule has 1 heterocycles. The van der Waals surface area contributed by atoms with Crippen molar-refractivity contribution in [2.24, 2.45) is 5.92 Å². The molecule has 148 valence electrons. The van der Waals surface area contributed by atoms with Crippen LogP contribution in [-0.4, -0.2) is 55.3 Å². The van der Waals surface area contributed by atoms with E-state index in [1.807, 2.05) is 11.8 Å². The Labute approximate surface area is 161 Å².